The molecule has 24 heavy (non-hydrogen) atoms. The molecule has 6 heteroatoms. The Morgan fingerprint density at radius 1 is 1.08 bits per heavy atom. The number of fused-ring (bicyclic) bond motifs is 1. The molecule has 5 nitrogen and oxygen atoms in total. The maximum Gasteiger partial charge on any atom is 0.141 e. The van der Waals surface area contributed by atoms with Crippen molar-refractivity contribution < 1.29 is 18.6 Å². The fourth-order valence-corrected chi connectivity index (χ4v) is 2.48. The van der Waals surface area contributed by atoms with Crippen molar-refractivity contribution in [3.63, 3.8) is 0 Å². The van der Waals surface area contributed by atoms with Crippen LogP contribution in [-0.2, 0) is 9.47 Å². The molecule has 0 fully saturated rings. The highest BCUT2D eigenvalue weighted by Crippen LogP contribution is 2.27. The fraction of sp³-hybridized carbons (Fsp3) is 0.278. The molecule has 3 aromatic rings. The van der Waals surface area contributed by atoms with E-state index in [1.807, 2.05) is 24.3 Å². The summed E-state index contributed by atoms with van der Waals surface area (Å²) in [6.07, 6.45) is -0.401. The van der Waals surface area contributed by atoms with E-state index in [4.69, 9.17) is 14.2 Å². The van der Waals surface area contributed by atoms with Crippen molar-refractivity contribution in [3.8, 4) is 5.75 Å². The normalized spacial score (nSPS) is 12.5. The number of aromatic nitrogens is 2. The average molecular weight is 330 g/mol. The van der Waals surface area contributed by atoms with E-state index in [2.05, 4.69) is 9.97 Å². The van der Waals surface area contributed by atoms with Gasteiger partial charge in [-0.05, 0) is 29.8 Å². The maximum atomic E-state index is 13.4. The smallest absolute Gasteiger partial charge is 0.141 e. The molecule has 0 radical (unpaired) electrons. The predicted molar refractivity (Wildman–Crippen MR) is 88.7 cm³/mol. The Balaban J connectivity index is 1.94. The van der Waals surface area contributed by atoms with Gasteiger partial charge in [0.05, 0.1) is 31.4 Å². The number of rotatable bonds is 7. The van der Waals surface area contributed by atoms with Gasteiger partial charge in [-0.15, -0.1) is 0 Å². The van der Waals surface area contributed by atoms with Gasteiger partial charge in [-0.1, -0.05) is 12.1 Å². The SMILES string of the molecule is COCCOC(c1ccc(OC)cc1)c1nc2cc(F)ccc2[nH]1. The van der Waals surface area contributed by atoms with Crippen LogP contribution in [0, 0.1) is 5.82 Å². The van der Waals surface area contributed by atoms with Crippen LogP contribution in [0.25, 0.3) is 11.0 Å². The average Bonchev–Trinajstić information content (AvgIpc) is 3.01. The Morgan fingerprint density at radius 3 is 2.58 bits per heavy atom. The Bertz CT molecular complexity index is 802. The number of hydrogen-bond acceptors (Lipinski definition) is 4. The van der Waals surface area contributed by atoms with Crippen molar-refractivity contribution in [3.05, 3.63) is 59.7 Å². The minimum Gasteiger partial charge on any atom is -0.497 e. The van der Waals surface area contributed by atoms with Gasteiger partial charge in [0.2, 0.25) is 0 Å². The van der Waals surface area contributed by atoms with Crippen LogP contribution in [0.3, 0.4) is 0 Å². The predicted octanol–water partition coefficient (Wildman–Crippen LogP) is 3.46. The molecule has 0 aliphatic heterocycles. The highest BCUT2D eigenvalue weighted by atomic mass is 19.1. The van der Waals surface area contributed by atoms with E-state index in [0.29, 0.717) is 24.6 Å². The summed E-state index contributed by atoms with van der Waals surface area (Å²) in [7, 11) is 3.24. The molecule has 0 aliphatic rings. The zero-order valence-corrected chi connectivity index (χ0v) is 13.6. The van der Waals surface area contributed by atoms with Gasteiger partial charge >= 0.3 is 0 Å². The Kier molecular flexibility index (Phi) is 5.08. The lowest BCUT2D eigenvalue weighted by atomic mass is 10.1. The number of benzene rings is 2. The van der Waals surface area contributed by atoms with Crippen LogP contribution >= 0.6 is 0 Å². The standard InChI is InChI=1S/C18H19FN2O3/c1-22-9-10-24-17(12-3-6-14(23-2)7-4-12)18-20-15-8-5-13(19)11-16(15)21-18/h3-8,11,17H,9-10H2,1-2H3,(H,20,21). The van der Waals surface area contributed by atoms with Gasteiger partial charge in [0, 0.05) is 13.2 Å². The van der Waals surface area contributed by atoms with Crippen LogP contribution in [0.1, 0.15) is 17.5 Å². The van der Waals surface area contributed by atoms with E-state index in [9.17, 15) is 4.39 Å². The first kappa shape index (κ1) is 16.4. The molecular formula is C18H19FN2O3. The van der Waals surface area contributed by atoms with E-state index in [1.54, 1.807) is 20.3 Å². The molecule has 0 bridgehead atoms. The third kappa shape index (κ3) is 3.55. The molecule has 0 spiro atoms. The van der Waals surface area contributed by atoms with Crippen LogP contribution in [0.15, 0.2) is 42.5 Å². The van der Waals surface area contributed by atoms with Gasteiger partial charge < -0.3 is 19.2 Å². The van der Waals surface area contributed by atoms with Crippen LogP contribution in [-0.4, -0.2) is 37.4 Å². The zero-order valence-electron chi connectivity index (χ0n) is 13.6. The molecule has 1 unspecified atom stereocenters. The molecule has 1 N–H and O–H groups in total. The molecular weight excluding hydrogens is 311 g/mol. The lowest BCUT2D eigenvalue weighted by Gasteiger charge is -2.16. The zero-order chi connectivity index (χ0) is 16.9. The quantitative estimate of drug-likeness (QED) is 0.674. The molecule has 126 valence electrons. The second-order valence-electron chi connectivity index (χ2n) is 5.30. The topological polar surface area (TPSA) is 56.4 Å². The van der Waals surface area contributed by atoms with Crippen molar-refractivity contribution in [2.24, 2.45) is 0 Å². The number of imidazole rings is 1. The highest BCUT2D eigenvalue weighted by molar-refractivity contribution is 5.75. The highest BCUT2D eigenvalue weighted by Gasteiger charge is 2.19. The number of methoxy groups -OCH3 is 2. The number of nitrogens with one attached hydrogen (secondary N) is 1. The van der Waals surface area contributed by atoms with Crippen LogP contribution in [0.4, 0.5) is 4.39 Å². The molecule has 1 heterocycles. The van der Waals surface area contributed by atoms with E-state index >= 15 is 0 Å². The number of aromatic amines is 1. The van der Waals surface area contributed by atoms with E-state index in [-0.39, 0.29) is 5.82 Å². The summed E-state index contributed by atoms with van der Waals surface area (Å²) in [5.41, 5.74) is 2.26. The molecule has 0 saturated heterocycles. The van der Waals surface area contributed by atoms with Gasteiger partial charge in [-0.2, -0.15) is 0 Å². The monoisotopic (exact) mass is 330 g/mol. The van der Waals surface area contributed by atoms with Crippen molar-refractivity contribution in [2.45, 2.75) is 6.10 Å². The van der Waals surface area contributed by atoms with Crippen molar-refractivity contribution in [1.82, 2.24) is 9.97 Å². The minimum atomic E-state index is -0.401. The summed E-state index contributed by atoms with van der Waals surface area (Å²) in [4.78, 5) is 7.68. The van der Waals surface area contributed by atoms with E-state index in [1.165, 1.54) is 12.1 Å². The van der Waals surface area contributed by atoms with E-state index < -0.39 is 6.10 Å². The first-order valence-electron chi connectivity index (χ1n) is 7.61. The lowest BCUT2D eigenvalue weighted by molar-refractivity contribution is 0.0322. The number of H-pyrrole nitrogens is 1. The van der Waals surface area contributed by atoms with Gasteiger partial charge in [-0.3, -0.25) is 0 Å². The van der Waals surface area contributed by atoms with Crippen molar-refractivity contribution in [1.29, 1.82) is 0 Å². The third-order valence-corrected chi connectivity index (χ3v) is 3.70. The first-order chi connectivity index (χ1) is 11.7. The number of ether oxygens (including phenoxy) is 3. The number of nitrogens with zero attached hydrogens (tertiary/aromatic N) is 1. The molecule has 0 aliphatic carbocycles. The molecule has 1 atom stereocenters. The van der Waals surface area contributed by atoms with E-state index in [0.717, 1.165) is 16.8 Å². The molecule has 1 aromatic heterocycles. The van der Waals surface area contributed by atoms with Crippen LogP contribution in [0.2, 0.25) is 0 Å². The van der Waals surface area contributed by atoms with Gasteiger partial charge in [0.15, 0.2) is 0 Å². The Morgan fingerprint density at radius 2 is 1.88 bits per heavy atom. The summed E-state index contributed by atoms with van der Waals surface area (Å²) in [5, 5.41) is 0. The minimum absolute atomic E-state index is 0.318. The molecule has 2 aromatic carbocycles. The van der Waals surface area contributed by atoms with Gasteiger partial charge in [0.25, 0.3) is 0 Å². The summed E-state index contributed by atoms with van der Waals surface area (Å²) in [6, 6.07) is 12.0. The second kappa shape index (κ2) is 7.42. The summed E-state index contributed by atoms with van der Waals surface area (Å²) < 4.78 is 29.6. The summed E-state index contributed by atoms with van der Waals surface area (Å²) in [5.74, 6) is 1.07. The maximum absolute atomic E-state index is 13.4. The third-order valence-electron chi connectivity index (χ3n) is 3.70. The van der Waals surface area contributed by atoms with Gasteiger partial charge in [0.1, 0.15) is 23.5 Å². The first-order valence-corrected chi connectivity index (χ1v) is 7.61. The molecule has 0 saturated carbocycles. The second-order valence-corrected chi connectivity index (χ2v) is 5.30. The van der Waals surface area contributed by atoms with Crippen molar-refractivity contribution >= 4 is 11.0 Å². The summed E-state index contributed by atoms with van der Waals surface area (Å²) >= 11 is 0. The Labute approximate surface area is 139 Å². The number of hydrogen-bond donors (Lipinski definition) is 1. The molecule has 0 amide bonds. The molecule has 3 rings (SSSR count). The Hall–Kier alpha value is -2.44. The fourth-order valence-electron chi connectivity index (χ4n) is 2.48. The lowest BCUT2D eigenvalue weighted by Crippen LogP contribution is -2.12. The summed E-state index contributed by atoms with van der Waals surface area (Å²) in [6.45, 7) is 0.889. The van der Waals surface area contributed by atoms with Crippen LogP contribution in [0.5, 0.6) is 5.75 Å². The largest absolute Gasteiger partial charge is 0.497 e. The van der Waals surface area contributed by atoms with Crippen LogP contribution < -0.4 is 4.74 Å². The van der Waals surface area contributed by atoms with Crippen molar-refractivity contribution in [2.75, 3.05) is 27.4 Å². The van der Waals surface area contributed by atoms with Gasteiger partial charge in [-0.25, -0.2) is 9.37 Å². The number of halogens is 1.